The van der Waals surface area contributed by atoms with E-state index in [1.807, 2.05) is 13.8 Å². The summed E-state index contributed by atoms with van der Waals surface area (Å²) in [6, 6.07) is 4.02. The van der Waals surface area contributed by atoms with Gasteiger partial charge in [-0.05, 0) is 36.9 Å². The van der Waals surface area contributed by atoms with E-state index in [-0.39, 0.29) is 36.9 Å². The van der Waals surface area contributed by atoms with E-state index < -0.39 is 5.82 Å². The molecule has 2 aliphatic rings. The van der Waals surface area contributed by atoms with Crippen LogP contribution in [0.15, 0.2) is 23.9 Å². The maximum Gasteiger partial charge on any atom is 0.328 e. The Labute approximate surface area is 178 Å². The van der Waals surface area contributed by atoms with E-state index in [4.69, 9.17) is 27.8 Å². The number of hydrogen-bond acceptors (Lipinski definition) is 5. The summed E-state index contributed by atoms with van der Waals surface area (Å²) in [6.07, 6.45) is 1.26. The fraction of sp³-hybridized carbons (Fsp3) is 0.381. The lowest BCUT2D eigenvalue weighted by molar-refractivity contribution is -0.396. The number of carbonyl (C=O) groups is 1. The van der Waals surface area contributed by atoms with Crippen molar-refractivity contribution in [2.75, 3.05) is 13.1 Å². The van der Waals surface area contributed by atoms with Crippen LogP contribution in [0.3, 0.4) is 0 Å². The molecule has 1 aromatic carbocycles. The Hall–Kier alpha value is -2.71. The Morgan fingerprint density at radius 2 is 2.07 bits per heavy atom. The number of amides is 1. The van der Waals surface area contributed by atoms with Crippen molar-refractivity contribution >= 4 is 23.1 Å². The number of carbonyl (C=O) groups excluding carboxylic acids is 1. The van der Waals surface area contributed by atoms with Crippen molar-refractivity contribution < 1.29 is 18.9 Å². The van der Waals surface area contributed by atoms with Gasteiger partial charge in [-0.2, -0.15) is 0 Å². The number of rotatable bonds is 4. The number of nitrogens with zero attached hydrogens (tertiary/aromatic N) is 2. The van der Waals surface area contributed by atoms with Gasteiger partial charge in [-0.1, -0.05) is 11.6 Å². The van der Waals surface area contributed by atoms with Gasteiger partial charge in [-0.25, -0.2) is 9.37 Å². The summed E-state index contributed by atoms with van der Waals surface area (Å²) in [4.78, 5) is 22.4. The van der Waals surface area contributed by atoms with Crippen LogP contribution >= 0.6 is 11.6 Å². The average molecular weight is 433 g/mol. The molecule has 0 saturated heterocycles. The van der Waals surface area contributed by atoms with Crippen molar-refractivity contribution in [3.63, 3.8) is 0 Å². The Morgan fingerprint density at radius 3 is 2.73 bits per heavy atom. The lowest BCUT2D eigenvalue weighted by Crippen LogP contribution is -2.43. The van der Waals surface area contributed by atoms with E-state index in [9.17, 15) is 9.18 Å². The third kappa shape index (κ3) is 3.85. The van der Waals surface area contributed by atoms with Crippen LogP contribution in [0, 0.1) is 19.7 Å². The molecule has 0 spiro atoms. The number of aromatic nitrogens is 2. The lowest BCUT2D eigenvalue weighted by Gasteiger charge is -2.33. The molecule has 1 aliphatic carbocycles. The summed E-state index contributed by atoms with van der Waals surface area (Å²) < 4.78 is 19.7. The molecule has 5 N–H and O–H groups in total. The number of ether oxygens (including phenoxy) is 1. The summed E-state index contributed by atoms with van der Waals surface area (Å²) in [5.74, 6) is 0.0674. The van der Waals surface area contributed by atoms with Crippen molar-refractivity contribution in [1.82, 2.24) is 9.88 Å². The number of halogens is 2. The molecule has 0 radical (unpaired) electrons. The second-order valence-electron chi connectivity index (χ2n) is 7.89. The van der Waals surface area contributed by atoms with Gasteiger partial charge in [0.1, 0.15) is 28.4 Å². The Balaban J connectivity index is 1.56. The zero-order chi connectivity index (χ0) is 21.6. The van der Waals surface area contributed by atoms with E-state index in [0.29, 0.717) is 40.6 Å². The molecule has 1 aliphatic heterocycles. The van der Waals surface area contributed by atoms with E-state index in [1.165, 1.54) is 18.2 Å². The van der Waals surface area contributed by atoms with E-state index >= 15 is 0 Å². The van der Waals surface area contributed by atoms with Crippen LogP contribution < -0.4 is 21.2 Å². The second kappa shape index (κ2) is 7.85. The fourth-order valence-electron chi connectivity index (χ4n) is 3.73. The maximum absolute atomic E-state index is 13.8. The Bertz CT molecular complexity index is 1030. The van der Waals surface area contributed by atoms with Crippen molar-refractivity contribution in [2.45, 2.75) is 38.8 Å². The van der Waals surface area contributed by atoms with Crippen LogP contribution in [0.4, 0.5) is 4.39 Å². The number of aromatic amines is 1. The summed E-state index contributed by atoms with van der Waals surface area (Å²) in [5, 5.41) is 0.563. The van der Waals surface area contributed by atoms with Gasteiger partial charge >= 0.3 is 5.82 Å². The smallest absolute Gasteiger partial charge is 0.328 e. The van der Waals surface area contributed by atoms with Crippen LogP contribution in [-0.2, 0) is 0 Å². The van der Waals surface area contributed by atoms with Gasteiger partial charge in [0.2, 0.25) is 0 Å². The van der Waals surface area contributed by atoms with Crippen LogP contribution in [0.5, 0.6) is 5.75 Å². The zero-order valence-electron chi connectivity index (χ0n) is 16.8. The highest BCUT2D eigenvalue weighted by Gasteiger charge is 2.34. The largest absolute Gasteiger partial charge is 0.489 e. The first kappa shape index (κ1) is 20.6. The van der Waals surface area contributed by atoms with Gasteiger partial charge in [0, 0.05) is 24.7 Å². The average Bonchev–Trinajstić information content (AvgIpc) is 3.06. The van der Waals surface area contributed by atoms with Gasteiger partial charge < -0.3 is 21.1 Å². The molecule has 1 saturated carbocycles. The van der Waals surface area contributed by atoms with E-state index in [0.717, 1.165) is 11.3 Å². The highest BCUT2D eigenvalue weighted by molar-refractivity contribution is 6.31. The third-order valence-corrected chi connectivity index (χ3v) is 6.06. The summed E-state index contributed by atoms with van der Waals surface area (Å²) >= 11 is 6.19. The molecular weight excluding hydrogens is 409 g/mol. The number of hydrogen-bond donors (Lipinski definition) is 2. The number of nitrogens with two attached hydrogens (primary N) is 2. The van der Waals surface area contributed by atoms with Crippen molar-refractivity contribution in [1.29, 1.82) is 0 Å². The summed E-state index contributed by atoms with van der Waals surface area (Å²) in [6.45, 7) is 4.19. The molecule has 0 bridgehead atoms. The number of benzene rings is 1. The molecule has 158 valence electrons. The van der Waals surface area contributed by atoms with Gasteiger partial charge in [-0.3, -0.25) is 4.79 Å². The predicted molar refractivity (Wildman–Crippen MR) is 110 cm³/mol. The monoisotopic (exact) mass is 432 g/mol. The van der Waals surface area contributed by atoms with Crippen molar-refractivity contribution in [2.24, 2.45) is 11.5 Å². The topological polar surface area (TPSA) is 109 Å². The number of aryl methyl sites for hydroxylation is 2. The first-order chi connectivity index (χ1) is 14.2. The molecule has 1 amide bonds. The third-order valence-electron chi connectivity index (χ3n) is 5.50. The predicted octanol–water partition coefficient (Wildman–Crippen LogP) is 2.00. The first-order valence-electron chi connectivity index (χ1n) is 9.78. The van der Waals surface area contributed by atoms with Crippen LogP contribution in [0.25, 0.3) is 5.57 Å². The SMILES string of the molecule is Cc1nc(C2=C(N)CN(C(=O)c3ccc(F)cc3OC3CC(N)C3)C2)[nH+]c(C)c1Cl. The number of H-pyrrole nitrogens is 1. The molecular formula is C21H24ClFN5O2+. The molecule has 0 atom stereocenters. The van der Waals surface area contributed by atoms with Gasteiger partial charge in [0.15, 0.2) is 5.69 Å². The van der Waals surface area contributed by atoms with Gasteiger partial charge in [0.05, 0.1) is 24.2 Å². The standard InChI is InChI=1S/C21H23ClFN5O2/c1-10-19(22)11(2)27-20(26-10)16-8-28(9-17(16)25)21(29)15-4-3-12(23)5-18(15)30-14-6-13(24)7-14/h3-5,13-14H,6-9,24-25H2,1-2H3/p+1. The van der Waals surface area contributed by atoms with Crippen LogP contribution in [0.2, 0.25) is 5.02 Å². The zero-order valence-corrected chi connectivity index (χ0v) is 17.6. The molecule has 1 aromatic heterocycles. The molecule has 30 heavy (non-hydrogen) atoms. The van der Waals surface area contributed by atoms with Crippen LogP contribution in [-0.4, -0.2) is 41.0 Å². The van der Waals surface area contributed by atoms with Gasteiger partial charge in [0.25, 0.3) is 5.91 Å². The van der Waals surface area contributed by atoms with Crippen molar-refractivity contribution in [3.05, 3.63) is 57.5 Å². The lowest BCUT2D eigenvalue weighted by atomic mass is 9.90. The van der Waals surface area contributed by atoms with E-state index in [2.05, 4.69) is 9.97 Å². The number of nitrogens with one attached hydrogen (secondary N) is 1. The van der Waals surface area contributed by atoms with Crippen molar-refractivity contribution in [3.8, 4) is 5.75 Å². The highest BCUT2D eigenvalue weighted by Crippen LogP contribution is 2.31. The molecule has 4 rings (SSSR count). The quantitative estimate of drug-likeness (QED) is 0.768. The minimum absolute atomic E-state index is 0.0860. The molecule has 2 aromatic rings. The molecule has 0 unspecified atom stereocenters. The van der Waals surface area contributed by atoms with Crippen LogP contribution in [0.1, 0.15) is 40.4 Å². The molecule has 1 fully saturated rings. The van der Waals surface area contributed by atoms with E-state index in [1.54, 1.807) is 4.90 Å². The molecule has 2 heterocycles. The fourth-order valence-corrected chi connectivity index (χ4v) is 3.82. The maximum atomic E-state index is 13.8. The van der Waals surface area contributed by atoms with Gasteiger partial charge in [-0.15, -0.1) is 0 Å². The Morgan fingerprint density at radius 1 is 1.33 bits per heavy atom. The molecule has 9 heteroatoms. The first-order valence-corrected chi connectivity index (χ1v) is 10.2. The normalized spacial score (nSPS) is 21.0. The Kier molecular flexibility index (Phi) is 5.38. The minimum atomic E-state index is -0.462. The summed E-state index contributed by atoms with van der Waals surface area (Å²) in [5.41, 5.74) is 15.1. The minimum Gasteiger partial charge on any atom is -0.489 e. The highest BCUT2D eigenvalue weighted by atomic mass is 35.5. The second-order valence-corrected chi connectivity index (χ2v) is 8.26. The molecule has 7 nitrogen and oxygen atoms in total. The summed E-state index contributed by atoms with van der Waals surface area (Å²) in [7, 11) is 0.